The molecule has 15 heavy (non-hydrogen) atoms. The van der Waals surface area contributed by atoms with Crippen LogP contribution >= 0.6 is 0 Å². The van der Waals surface area contributed by atoms with Gasteiger partial charge in [-0.1, -0.05) is 20.8 Å². The predicted molar refractivity (Wildman–Crippen MR) is 62.1 cm³/mol. The standard InChI is InChI=1S/C12H20N2O/c1-5-6-14-9(4)10(12(13)15)7-11(14)8(2)3/h7-8H,5-6H2,1-4H3,(H2,13,15). The summed E-state index contributed by atoms with van der Waals surface area (Å²) in [4.78, 5) is 11.2. The minimum atomic E-state index is -0.329. The minimum absolute atomic E-state index is 0.329. The summed E-state index contributed by atoms with van der Waals surface area (Å²) in [5.74, 6) is 0.0904. The average Bonchev–Trinajstić information content (AvgIpc) is 2.45. The molecule has 1 aromatic heterocycles. The average molecular weight is 208 g/mol. The van der Waals surface area contributed by atoms with Gasteiger partial charge in [-0.25, -0.2) is 0 Å². The van der Waals surface area contributed by atoms with Gasteiger partial charge in [-0.05, 0) is 25.3 Å². The summed E-state index contributed by atoms with van der Waals surface area (Å²) in [5, 5.41) is 0. The van der Waals surface area contributed by atoms with E-state index in [1.165, 1.54) is 5.69 Å². The fourth-order valence-corrected chi connectivity index (χ4v) is 1.92. The number of hydrogen-bond donors (Lipinski definition) is 1. The van der Waals surface area contributed by atoms with Gasteiger partial charge in [-0.3, -0.25) is 4.79 Å². The van der Waals surface area contributed by atoms with Gasteiger partial charge in [0.05, 0.1) is 5.56 Å². The molecular weight excluding hydrogens is 188 g/mol. The van der Waals surface area contributed by atoms with Crippen molar-refractivity contribution in [3.8, 4) is 0 Å². The lowest BCUT2D eigenvalue weighted by Gasteiger charge is -2.12. The molecular formula is C12H20N2O. The van der Waals surface area contributed by atoms with Gasteiger partial charge in [-0.2, -0.15) is 0 Å². The van der Waals surface area contributed by atoms with Crippen molar-refractivity contribution in [3.63, 3.8) is 0 Å². The van der Waals surface area contributed by atoms with E-state index < -0.39 is 0 Å². The van der Waals surface area contributed by atoms with E-state index in [0.717, 1.165) is 18.7 Å². The Hall–Kier alpha value is -1.25. The van der Waals surface area contributed by atoms with Crippen LogP contribution in [0.25, 0.3) is 0 Å². The lowest BCUT2D eigenvalue weighted by molar-refractivity contribution is 0.0999. The predicted octanol–water partition coefficient (Wildman–Crippen LogP) is 2.43. The summed E-state index contributed by atoms with van der Waals surface area (Å²) in [6.45, 7) is 9.30. The molecule has 0 aromatic carbocycles. The van der Waals surface area contributed by atoms with Crippen LogP contribution in [-0.4, -0.2) is 10.5 Å². The van der Waals surface area contributed by atoms with Crippen molar-refractivity contribution in [2.24, 2.45) is 5.73 Å². The molecule has 1 aromatic rings. The van der Waals surface area contributed by atoms with E-state index in [-0.39, 0.29) is 5.91 Å². The molecule has 1 amide bonds. The molecule has 3 nitrogen and oxygen atoms in total. The van der Waals surface area contributed by atoms with Crippen molar-refractivity contribution >= 4 is 5.91 Å². The molecule has 84 valence electrons. The molecule has 0 unspecified atom stereocenters. The molecule has 0 fully saturated rings. The van der Waals surface area contributed by atoms with Gasteiger partial charge in [0.1, 0.15) is 0 Å². The van der Waals surface area contributed by atoms with Crippen molar-refractivity contribution in [3.05, 3.63) is 23.0 Å². The van der Waals surface area contributed by atoms with E-state index in [2.05, 4.69) is 25.3 Å². The molecule has 0 radical (unpaired) electrons. The Morgan fingerprint density at radius 2 is 2.13 bits per heavy atom. The fourth-order valence-electron chi connectivity index (χ4n) is 1.92. The number of rotatable bonds is 4. The first-order valence-corrected chi connectivity index (χ1v) is 5.48. The van der Waals surface area contributed by atoms with Crippen LogP contribution in [0.4, 0.5) is 0 Å². The lowest BCUT2D eigenvalue weighted by Crippen LogP contribution is -2.12. The monoisotopic (exact) mass is 208 g/mol. The third-order valence-electron chi connectivity index (χ3n) is 2.70. The Kier molecular flexibility index (Phi) is 3.56. The van der Waals surface area contributed by atoms with Crippen LogP contribution in [0.15, 0.2) is 6.07 Å². The van der Waals surface area contributed by atoms with Crippen LogP contribution in [0.3, 0.4) is 0 Å². The third-order valence-corrected chi connectivity index (χ3v) is 2.70. The quantitative estimate of drug-likeness (QED) is 0.811. The first kappa shape index (κ1) is 11.8. The summed E-state index contributed by atoms with van der Waals surface area (Å²) in [7, 11) is 0. The van der Waals surface area contributed by atoms with Crippen LogP contribution in [-0.2, 0) is 6.54 Å². The SMILES string of the molecule is CCCn1c(C(C)C)cc(C(N)=O)c1C. The van der Waals surface area contributed by atoms with E-state index in [1.807, 2.05) is 13.0 Å². The molecule has 1 rings (SSSR count). The highest BCUT2D eigenvalue weighted by Gasteiger charge is 2.16. The molecule has 0 aliphatic rings. The second-order valence-corrected chi connectivity index (χ2v) is 4.24. The zero-order valence-corrected chi connectivity index (χ0v) is 10.0. The molecule has 0 aliphatic heterocycles. The molecule has 0 saturated carbocycles. The highest BCUT2D eigenvalue weighted by atomic mass is 16.1. The highest BCUT2D eigenvalue weighted by molar-refractivity contribution is 5.94. The number of aromatic nitrogens is 1. The molecule has 2 N–H and O–H groups in total. The van der Waals surface area contributed by atoms with E-state index in [1.54, 1.807) is 0 Å². The van der Waals surface area contributed by atoms with Crippen LogP contribution in [0, 0.1) is 6.92 Å². The zero-order valence-electron chi connectivity index (χ0n) is 10.0. The van der Waals surface area contributed by atoms with E-state index in [0.29, 0.717) is 11.5 Å². The molecule has 0 aliphatic carbocycles. The number of carbonyl (C=O) groups is 1. The summed E-state index contributed by atoms with van der Waals surface area (Å²) in [6.07, 6.45) is 1.06. The largest absolute Gasteiger partial charge is 0.366 e. The van der Waals surface area contributed by atoms with E-state index in [4.69, 9.17) is 5.73 Å². The molecule has 3 heteroatoms. The Morgan fingerprint density at radius 3 is 2.53 bits per heavy atom. The number of primary amides is 1. The third kappa shape index (κ3) is 2.22. The number of amides is 1. The van der Waals surface area contributed by atoms with Gasteiger partial charge < -0.3 is 10.3 Å². The highest BCUT2D eigenvalue weighted by Crippen LogP contribution is 2.22. The van der Waals surface area contributed by atoms with Gasteiger partial charge in [-0.15, -0.1) is 0 Å². The first-order chi connectivity index (χ1) is 6.99. The Balaban J connectivity index is 3.26. The Bertz CT molecular complexity index is 364. The fraction of sp³-hybridized carbons (Fsp3) is 0.583. The summed E-state index contributed by atoms with van der Waals surface area (Å²) >= 11 is 0. The maximum absolute atomic E-state index is 11.2. The summed E-state index contributed by atoms with van der Waals surface area (Å²) < 4.78 is 2.20. The Morgan fingerprint density at radius 1 is 1.53 bits per heavy atom. The maximum Gasteiger partial charge on any atom is 0.250 e. The van der Waals surface area contributed by atoms with Gasteiger partial charge in [0, 0.05) is 17.9 Å². The van der Waals surface area contributed by atoms with Crippen molar-refractivity contribution in [2.75, 3.05) is 0 Å². The number of hydrogen-bond acceptors (Lipinski definition) is 1. The molecule has 1 heterocycles. The van der Waals surface area contributed by atoms with Gasteiger partial charge in [0.25, 0.3) is 5.91 Å². The second kappa shape index (κ2) is 4.51. The Labute approximate surface area is 91.3 Å². The van der Waals surface area contributed by atoms with Crippen molar-refractivity contribution in [2.45, 2.75) is 46.6 Å². The summed E-state index contributed by atoms with van der Waals surface area (Å²) in [6, 6.07) is 1.93. The number of nitrogens with zero attached hydrogens (tertiary/aromatic N) is 1. The van der Waals surface area contributed by atoms with Gasteiger partial charge in [0.2, 0.25) is 0 Å². The second-order valence-electron chi connectivity index (χ2n) is 4.24. The zero-order chi connectivity index (χ0) is 11.6. The molecule has 0 atom stereocenters. The lowest BCUT2D eigenvalue weighted by atomic mass is 10.1. The van der Waals surface area contributed by atoms with E-state index in [9.17, 15) is 4.79 Å². The number of carbonyl (C=O) groups excluding carboxylic acids is 1. The van der Waals surface area contributed by atoms with Crippen LogP contribution in [0.1, 0.15) is 54.9 Å². The van der Waals surface area contributed by atoms with Crippen molar-refractivity contribution in [1.29, 1.82) is 0 Å². The van der Waals surface area contributed by atoms with Crippen LogP contribution in [0.2, 0.25) is 0 Å². The van der Waals surface area contributed by atoms with Crippen LogP contribution < -0.4 is 5.73 Å². The molecule has 0 saturated heterocycles. The van der Waals surface area contributed by atoms with Crippen LogP contribution in [0.5, 0.6) is 0 Å². The normalized spacial score (nSPS) is 11.0. The van der Waals surface area contributed by atoms with E-state index >= 15 is 0 Å². The maximum atomic E-state index is 11.2. The van der Waals surface area contributed by atoms with Gasteiger partial charge >= 0.3 is 0 Å². The summed E-state index contributed by atoms with van der Waals surface area (Å²) in [5.41, 5.74) is 8.19. The van der Waals surface area contributed by atoms with Crippen molar-refractivity contribution in [1.82, 2.24) is 4.57 Å². The smallest absolute Gasteiger partial charge is 0.250 e. The molecule has 0 spiro atoms. The first-order valence-electron chi connectivity index (χ1n) is 5.48. The molecule has 0 bridgehead atoms. The number of nitrogens with two attached hydrogens (primary N) is 1. The topological polar surface area (TPSA) is 48.0 Å². The van der Waals surface area contributed by atoms with Crippen molar-refractivity contribution < 1.29 is 4.79 Å². The minimum Gasteiger partial charge on any atom is -0.366 e. The van der Waals surface area contributed by atoms with Gasteiger partial charge in [0.15, 0.2) is 0 Å².